The number of aliphatic hydroxyl groups excluding tert-OH is 1. The van der Waals surface area contributed by atoms with Gasteiger partial charge in [0.15, 0.2) is 0 Å². The minimum atomic E-state index is -4.77. The topological polar surface area (TPSA) is 78.0 Å². The third-order valence-corrected chi connectivity index (χ3v) is 5.62. The van der Waals surface area contributed by atoms with Crippen molar-refractivity contribution in [2.45, 2.75) is 37.7 Å². The van der Waals surface area contributed by atoms with E-state index in [9.17, 15) is 27.5 Å². The maximum Gasteiger partial charge on any atom is 0.419 e. The van der Waals surface area contributed by atoms with Crippen LogP contribution in [-0.2, 0) is 11.7 Å². The van der Waals surface area contributed by atoms with Gasteiger partial charge in [0.2, 0.25) is 0 Å². The van der Waals surface area contributed by atoms with E-state index < -0.39 is 34.9 Å². The van der Waals surface area contributed by atoms with E-state index in [0.29, 0.717) is 11.4 Å². The number of aromatic amines is 1. The van der Waals surface area contributed by atoms with Gasteiger partial charge in [-0.2, -0.15) is 13.2 Å². The smallest absolute Gasteiger partial charge is 0.373 e. The van der Waals surface area contributed by atoms with Crippen LogP contribution in [0.5, 0.6) is 0 Å². The highest BCUT2D eigenvalue weighted by Gasteiger charge is 2.70. The Morgan fingerprint density at radius 2 is 1.96 bits per heavy atom. The molecule has 27 heavy (non-hydrogen) atoms. The number of benzene rings is 1. The Labute approximate surface area is 151 Å². The Balaban J connectivity index is 1.67. The molecule has 2 aromatic rings. The standard InChI is InChI=1S/C18H17F4N3O2/c1-8-23-14(7-15(26)24-8)16(27)25-17(10-4-5-11(10)17)9-2-3-12(13(19)6-9)18(20,21)22/h2-3,6-7,10-11,16,25,27H,4-5H2,1H3,(H,23,24,26). The van der Waals surface area contributed by atoms with E-state index >= 15 is 0 Å². The third-order valence-electron chi connectivity index (χ3n) is 5.62. The number of hydrogen-bond acceptors (Lipinski definition) is 4. The van der Waals surface area contributed by atoms with E-state index in [0.717, 1.165) is 31.0 Å². The first-order valence-electron chi connectivity index (χ1n) is 8.54. The molecule has 5 nitrogen and oxygen atoms in total. The number of aliphatic hydroxyl groups is 1. The highest BCUT2D eigenvalue weighted by atomic mass is 19.4. The van der Waals surface area contributed by atoms with Crippen molar-refractivity contribution in [2.75, 3.05) is 0 Å². The van der Waals surface area contributed by atoms with Crippen molar-refractivity contribution in [3.8, 4) is 0 Å². The lowest BCUT2D eigenvalue weighted by Gasteiger charge is -2.24. The minimum Gasteiger partial charge on any atom is -0.373 e. The lowest BCUT2D eigenvalue weighted by Crippen LogP contribution is -2.36. The van der Waals surface area contributed by atoms with Crippen LogP contribution in [0, 0.1) is 24.6 Å². The molecule has 2 saturated carbocycles. The Kier molecular flexibility index (Phi) is 3.94. The van der Waals surface area contributed by atoms with Crippen LogP contribution in [0.3, 0.4) is 0 Å². The zero-order valence-corrected chi connectivity index (χ0v) is 14.3. The average Bonchev–Trinajstić information content (AvgIpc) is 2.98. The molecule has 3 atom stereocenters. The lowest BCUT2D eigenvalue weighted by molar-refractivity contribution is -0.140. The summed E-state index contributed by atoms with van der Waals surface area (Å²) in [6.45, 7) is 1.57. The number of fused-ring (bicyclic) bond motifs is 1. The summed E-state index contributed by atoms with van der Waals surface area (Å²) in [6, 6.07) is 4.02. The number of halogens is 4. The fraction of sp³-hybridized carbons (Fsp3) is 0.444. The predicted octanol–water partition coefficient (Wildman–Crippen LogP) is 2.75. The average molecular weight is 383 g/mol. The molecule has 3 unspecified atom stereocenters. The van der Waals surface area contributed by atoms with Crippen molar-refractivity contribution in [1.29, 1.82) is 0 Å². The van der Waals surface area contributed by atoms with Crippen LogP contribution in [-0.4, -0.2) is 15.1 Å². The Bertz CT molecular complexity index is 946. The fourth-order valence-corrected chi connectivity index (χ4v) is 4.26. The number of nitrogens with zero attached hydrogens (tertiary/aromatic N) is 1. The summed E-state index contributed by atoms with van der Waals surface area (Å²) in [5.41, 5.74) is -2.09. The van der Waals surface area contributed by atoms with Crippen LogP contribution in [0.1, 0.15) is 41.7 Å². The molecule has 0 bridgehead atoms. The summed E-state index contributed by atoms with van der Waals surface area (Å²) in [7, 11) is 0. The molecule has 9 heteroatoms. The molecular formula is C18H17F4N3O2. The van der Waals surface area contributed by atoms with Crippen LogP contribution in [0.15, 0.2) is 29.1 Å². The number of H-pyrrole nitrogens is 1. The molecule has 3 N–H and O–H groups in total. The first kappa shape index (κ1) is 18.1. The summed E-state index contributed by atoms with van der Waals surface area (Å²) in [4.78, 5) is 18.1. The molecule has 0 amide bonds. The van der Waals surface area contributed by atoms with Crippen LogP contribution in [0.25, 0.3) is 0 Å². The molecule has 2 aliphatic rings. The van der Waals surface area contributed by atoms with E-state index in [1.54, 1.807) is 6.92 Å². The number of hydrogen-bond donors (Lipinski definition) is 3. The monoisotopic (exact) mass is 383 g/mol. The van der Waals surface area contributed by atoms with Crippen molar-refractivity contribution < 1.29 is 22.7 Å². The molecule has 2 fully saturated rings. The summed E-state index contributed by atoms with van der Waals surface area (Å²) in [5.74, 6) is -0.809. The third kappa shape index (κ3) is 2.85. The normalized spacial score (nSPS) is 27.6. The van der Waals surface area contributed by atoms with Gasteiger partial charge in [-0.1, -0.05) is 6.07 Å². The van der Waals surface area contributed by atoms with Gasteiger partial charge in [0.1, 0.15) is 17.9 Å². The first-order chi connectivity index (χ1) is 12.6. The van der Waals surface area contributed by atoms with E-state index in [4.69, 9.17) is 0 Å². The number of aromatic nitrogens is 2. The van der Waals surface area contributed by atoms with E-state index in [2.05, 4.69) is 15.3 Å². The number of nitrogens with one attached hydrogen (secondary N) is 2. The van der Waals surface area contributed by atoms with Gasteiger partial charge in [-0.3, -0.25) is 10.1 Å². The summed E-state index contributed by atoms with van der Waals surface area (Å²) in [6.07, 6.45) is -4.41. The van der Waals surface area contributed by atoms with Crippen molar-refractivity contribution in [3.63, 3.8) is 0 Å². The molecule has 0 spiro atoms. The van der Waals surface area contributed by atoms with Crippen LogP contribution in [0.4, 0.5) is 17.6 Å². The molecule has 0 saturated heterocycles. The minimum absolute atomic E-state index is 0.103. The predicted molar refractivity (Wildman–Crippen MR) is 87.0 cm³/mol. The number of aryl methyl sites for hydroxylation is 1. The van der Waals surface area contributed by atoms with Gasteiger partial charge in [0, 0.05) is 6.07 Å². The summed E-state index contributed by atoms with van der Waals surface area (Å²) < 4.78 is 52.6. The zero-order valence-electron chi connectivity index (χ0n) is 14.3. The fourth-order valence-electron chi connectivity index (χ4n) is 4.26. The molecule has 2 aliphatic carbocycles. The van der Waals surface area contributed by atoms with Gasteiger partial charge >= 0.3 is 6.18 Å². The van der Waals surface area contributed by atoms with E-state index in [-0.39, 0.29) is 17.5 Å². The maximum absolute atomic E-state index is 14.1. The van der Waals surface area contributed by atoms with Crippen LogP contribution >= 0.6 is 0 Å². The van der Waals surface area contributed by atoms with Crippen molar-refractivity contribution >= 4 is 0 Å². The molecule has 0 aliphatic heterocycles. The quantitative estimate of drug-likeness (QED) is 0.561. The van der Waals surface area contributed by atoms with Gasteiger partial charge in [-0.05, 0) is 49.3 Å². The molecule has 144 valence electrons. The highest BCUT2D eigenvalue weighted by Crippen LogP contribution is 2.70. The number of alkyl halides is 3. The van der Waals surface area contributed by atoms with Gasteiger partial charge in [-0.15, -0.1) is 0 Å². The van der Waals surface area contributed by atoms with Crippen molar-refractivity contribution in [2.24, 2.45) is 11.8 Å². The van der Waals surface area contributed by atoms with E-state index in [1.165, 1.54) is 6.07 Å². The Hall–Kier alpha value is -2.26. The van der Waals surface area contributed by atoms with Crippen molar-refractivity contribution in [3.05, 3.63) is 63.1 Å². The second-order valence-corrected chi connectivity index (χ2v) is 7.15. The Morgan fingerprint density at radius 1 is 1.30 bits per heavy atom. The van der Waals surface area contributed by atoms with E-state index in [1.807, 2.05) is 0 Å². The second kappa shape index (κ2) is 5.87. The molecular weight excluding hydrogens is 366 g/mol. The SMILES string of the molecule is Cc1nc(C(O)NC2(c3ccc(C(F)(F)F)c(F)c3)C3CCC32)cc(=O)[nH]1. The largest absolute Gasteiger partial charge is 0.419 e. The molecule has 4 rings (SSSR count). The molecule has 1 aromatic carbocycles. The zero-order chi connectivity index (χ0) is 19.6. The highest BCUT2D eigenvalue weighted by molar-refractivity contribution is 5.41. The summed E-state index contributed by atoms with van der Waals surface area (Å²) in [5, 5.41) is 13.5. The lowest BCUT2D eigenvalue weighted by atomic mass is 9.99. The first-order valence-corrected chi connectivity index (χ1v) is 8.54. The maximum atomic E-state index is 14.1. The molecule has 1 aromatic heterocycles. The van der Waals surface area contributed by atoms with Crippen LogP contribution < -0.4 is 10.9 Å². The van der Waals surface area contributed by atoms with Crippen LogP contribution in [0.2, 0.25) is 0 Å². The van der Waals surface area contributed by atoms with Gasteiger partial charge in [0.25, 0.3) is 5.56 Å². The van der Waals surface area contributed by atoms with Gasteiger partial charge in [-0.25, -0.2) is 9.37 Å². The van der Waals surface area contributed by atoms with Gasteiger partial charge < -0.3 is 10.1 Å². The summed E-state index contributed by atoms with van der Waals surface area (Å²) >= 11 is 0. The second-order valence-electron chi connectivity index (χ2n) is 7.15. The number of rotatable bonds is 4. The Morgan fingerprint density at radius 3 is 2.48 bits per heavy atom. The molecule has 0 radical (unpaired) electrons. The molecule has 1 heterocycles. The van der Waals surface area contributed by atoms with Crippen molar-refractivity contribution in [1.82, 2.24) is 15.3 Å². The van der Waals surface area contributed by atoms with Gasteiger partial charge in [0.05, 0.1) is 16.8 Å².